The summed E-state index contributed by atoms with van der Waals surface area (Å²) in [6.45, 7) is 10.0. The molecule has 3 aromatic rings. The molecule has 0 spiro atoms. The van der Waals surface area contributed by atoms with Gasteiger partial charge < -0.3 is 4.57 Å². The highest BCUT2D eigenvalue weighted by molar-refractivity contribution is 7.72. The van der Waals surface area contributed by atoms with E-state index in [-0.39, 0.29) is 5.82 Å². The highest BCUT2D eigenvalue weighted by Gasteiger charge is 2.46. The summed E-state index contributed by atoms with van der Waals surface area (Å²) in [7, 11) is -2.94. The maximum Gasteiger partial charge on any atom is 0.127 e. The van der Waals surface area contributed by atoms with Crippen LogP contribution in [0.1, 0.15) is 34.7 Å². The van der Waals surface area contributed by atoms with Gasteiger partial charge in [-0.15, -0.1) is 0 Å². The van der Waals surface area contributed by atoms with Crippen molar-refractivity contribution in [3.05, 3.63) is 100 Å². The minimum atomic E-state index is -2.94. The Kier molecular flexibility index (Phi) is 5.14. The van der Waals surface area contributed by atoms with Gasteiger partial charge in [0, 0.05) is 5.30 Å². The Morgan fingerprint density at radius 3 is 1.81 bits per heavy atom. The van der Waals surface area contributed by atoms with E-state index in [1.165, 1.54) is 12.1 Å². The van der Waals surface area contributed by atoms with Crippen LogP contribution in [0.15, 0.2) is 66.7 Å². The minimum absolute atomic E-state index is 0.289. The highest BCUT2D eigenvalue weighted by Crippen LogP contribution is 2.63. The Morgan fingerprint density at radius 2 is 1.30 bits per heavy atom. The standard InChI is InChI=1S/C24H26FOP/c1-17-15-18(2)23(19(3)16-17)27(5,26)24(4,20-9-7-6-8-10-20)21-11-13-22(25)14-12-21/h6-16H,1-5H3. The molecular formula is C24H26FOP. The zero-order valence-corrected chi connectivity index (χ0v) is 17.5. The fourth-order valence-corrected chi connectivity index (χ4v) is 7.47. The van der Waals surface area contributed by atoms with Gasteiger partial charge in [-0.25, -0.2) is 4.39 Å². The van der Waals surface area contributed by atoms with Crippen molar-refractivity contribution in [2.45, 2.75) is 32.9 Å². The molecule has 2 atom stereocenters. The molecular weight excluding hydrogens is 354 g/mol. The van der Waals surface area contributed by atoms with Crippen molar-refractivity contribution in [3.63, 3.8) is 0 Å². The molecule has 0 aliphatic carbocycles. The van der Waals surface area contributed by atoms with Crippen LogP contribution in [-0.4, -0.2) is 6.66 Å². The van der Waals surface area contributed by atoms with Crippen molar-refractivity contribution in [1.29, 1.82) is 0 Å². The van der Waals surface area contributed by atoms with Gasteiger partial charge in [-0.2, -0.15) is 0 Å². The second kappa shape index (κ2) is 7.09. The number of hydrogen-bond acceptors (Lipinski definition) is 1. The van der Waals surface area contributed by atoms with Crippen LogP contribution in [0.3, 0.4) is 0 Å². The number of hydrogen-bond donors (Lipinski definition) is 0. The van der Waals surface area contributed by atoms with Gasteiger partial charge in [0.2, 0.25) is 0 Å². The summed E-state index contributed by atoms with van der Waals surface area (Å²) in [5, 5.41) is 0.163. The zero-order chi connectivity index (χ0) is 19.8. The van der Waals surface area contributed by atoms with E-state index in [1.807, 2.05) is 57.8 Å². The van der Waals surface area contributed by atoms with Crippen LogP contribution in [0.2, 0.25) is 0 Å². The van der Waals surface area contributed by atoms with Gasteiger partial charge in [0.15, 0.2) is 0 Å². The number of rotatable bonds is 4. The fraction of sp³-hybridized carbons (Fsp3) is 0.250. The van der Waals surface area contributed by atoms with E-state index in [4.69, 9.17) is 0 Å². The number of aryl methyl sites for hydroxylation is 3. The first kappa shape index (κ1) is 19.6. The van der Waals surface area contributed by atoms with Gasteiger partial charge in [-0.05, 0) is 68.7 Å². The predicted octanol–water partition coefficient (Wildman–Crippen LogP) is 6.33. The van der Waals surface area contributed by atoms with Crippen molar-refractivity contribution >= 4 is 12.4 Å². The monoisotopic (exact) mass is 380 g/mol. The molecule has 140 valence electrons. The SMILES string of the molecule is Cc1cc(C)c(P(C)(=O)C(C)(c2ccccc2)c2ccc(F)cc2)c(C)c1. The van der Waals surface area contributed by atoms with Crippen molar-refractivity contribution in [2.75, 3.05) is 6.66 Å². The lowest BCUT2D eigenvalue weighted by Gasteiger charge is -2.38. The quantitative estimate of drug-likeness (QED) is 0.483. The maximum atomic E-state index is 14.6. The Bertz CT molecular complexity index is 985. The molecule has 0 radical (unpaired) electrons. The molecule has 3 aromatic carbocycles. The van der Waals surface area contributed by atoms with E-state index in [1.54, 1.807) is 12.1 Å². The Hall–Kier alpha value is -2.18. The molecule has 2 unspecified atom stereocenters. The van der Waals surface area contributed by atoms with Crippen LogP contribution in [0.4, 0.5) is 4.39 Å². The maximum absolute atomic E-state index is 14.6. The van der Waals surface area contributed by atoms with Crippen molar-refractivity contribution in [3.8, 4) is 0 Å². The van der Waals surface area contributed by atoms with Crippen molar-refractivity contribution in [1.82, 2.24) is 0 Å². The second-order valence-electron chi connectivity index (χ2n) is 7.62. The first-order chi connectivity index (χ1) is 12.7. The van der Waals surface area contributed by atoms with E-state index >= 15 is 0 Å². The van der Waals surface area contributed by atoms with Gasteiger partial charge in [-0.3, -0.25) is 0 Å². The van der Waals surface area contributed by atoms with Gasteiger partial charge in [0.25, 0.3) is 0 Å². The molecule has 27 heavy (non-hydrogen) atoms. The molecule has 0 bridgehead atoms. The van der Waals surface area contributed by atoms with E-state index < -0.39 is 12.3 Å². The Balaban J connectivity index is 2.34. The summed E-state index contributed by atoms with van der Waals surface area (Å²) in [6, 6.07) is 20.5. The van der Waals surface area contributed by atoms with Gasteiger partial charge in [0.1, 0.15) is 13.0 Å². The number of benzene rings is 3. The molecule has 0 aliphatic heterocycles. The van der Waals surface area contributed by atoms with Crippen LogP contribution in [0, 0.1) is 26.6 Å². The molecule has 3 heteroatoms. The summed E-state index contributed by atoms with van der Waals surface area (Å²) in [5.41, 5.74) is 5.09. The van der Waals surface area contributed by atoms with Gasteiger partial charge in [-0.1, -0.05) is 60.2 Å². The minimum Gasteiger partial charge on any atom is -0.318 e. The molecule has 3 rings (SSSR count). The van der Waals surface area contributed by atoms with Crippen molar-refractivity contribution < 1.29 is 8.96 Å². The lowest BCUT2D eigenvalue weighted by Crippen LogP contribution is -2.31. The number of halogens is 1. The molecule has 0 N–H and O–H groups in total. The Morgan fingerprint density at radius 1 is 0.815 bits per heavy atom. The summed E-state index contributed by atoms with van der Waals surface area (Å²) < 4.78 is 28.2. The van der Waals surface area contributed by atoms with E-state index in [9.17, 15) is 8.96 Å². The first-order valence-corrected chi connectivity index (χ1v) is 11.3. The summed E-state index contributed by atoms with van der Waals surface area (Å²) in [6.07, 6.45) is 0. The topological polar surface area (TPSA) is 17.1 Å². The van der Waals surface area contributed by atoms with Crippen LogP contribution in [0.5, 0.6) is 0 Å². The van der Waals surface area contributed by atoms with Crippen molar-refractivity contribution in [2.24, 2.45) is 0 Å². The molecule has 1 nitrogen and oxygen atoms in total. The van der Waals surface area contributed by atoms with Crippen LogP contribution in [-0.2, 0) is 9.72 Å². The fourth-order valence-electron chi connectivity index (χ4n) is 4.27. The Labute approximate surface area is 161 Å². The third-order valence-electron chi connectivity index (χ3n) is 5.66. The molecule has 0 saturated heterocycles. The van der Waals surface area contributed by atoms with E-state index in [2.05, 4.69) is 19.1 Å². The smallest absolute Gasteiger partial charge is 0.127 e. The normalized spacial score (nSPS) is 15.8. The molecule has 0 heterocycles. The highest BCUT2D eigenvalue weighted by atomic mass is 31.2. The second-order valence-corrected chi connectivity index (χ2v) is 10.8. The average Bonchev–Trinajstić information content (AvgIpc) is 2.61. The predicted molar refractivity (Wildman–Crippen MR) is 113 cm³/mol. The lowest BCUT2D eigenvalue weighted by atomic mass is 9.92. The molecule has 0 aromatic heterocycles. The first-order valence-electron chi connectivity index (χ1n) is 9.15. The third kappa shape index (κ3) is 3.28. The molecule has 0 fully saturated rings. The summed E-state index contributed by atoms with van der Waals surface area (Å²) in [4.78, 5) is 0. The van der Waals surface area contributed by atoms with Gasteiger partial charge in [0.05, 0.1) is 5.16 Å². The molecule has 0 amide bonds. The molecule has 0 saturated carbocycles. The molecule has 0 aliphatic rings. The summed E-state index contributed by atoms with van der Waals surface area (Å²) >= 11 is 0. The van der Waals surface area contributed by atoms with Gasteiger partial charge >= 0.3 is 0 Å². The van der Waals surface area contributed by atoms with Crippen LogP contribution >= 0.6 is 7.14 Å². The van der Waals surface area contributed by atoms with Crippen LogP contribution < -0.4 is 5.30 Å². The third-order valence-corrected chi connectivity index (χ3v) is 9.44. The lowest BCUT2D eigenvalue weighted by molar-refractivity contribution is 0.563. The van der Waals surface area contributed by atoms with E-state index in [0.717, 1.165) is 33.1 Å². The average molecular weight is 380 g/mol. The zero-order valence-electron chi connectivity index (χ0n) is 16.6. The van der Waals surface area contributed by atoms with Crippen LogP contribution in [0.25, 0.3) is 0 Å². The summed E-state index contributed by atoms with van der Waals surface area (Å²) in [5.74, 6) is -0.289. The van der Waals surface area contributed by atoms with E-state index in [0.29, 0.717) is 0 Å². The largest absolute Gasteiger partial charge is 0.318 e.